The van der Waals surface area contributed by atoms with E-state index in [0.29, 0.717) is 0 Å². The van der Waals surface area contributed by atoms with E-state index in [2.05, 4.69) is 9.65 Å². The second-order valence-electron chi connectivity index (χ2n) is 3.54. The molecular weight excluding hydrogens is 378 g/mol. The fourth-order valence-electron chi connectivity index (χ4n) is 1.07. The minimum absolute atomic E-state index is 0.0957. The van der Waals surface area contributed by atoms with E-state index in [4.69, 9.17) is 0 Å². The Morgan fingerprint density at radius 2 is 1.47 bits per heavy atom. The van der Waals surface area contributed by atoms with E-state index < -0.39 is 66.6 Å². The Hall–Kier alpha value is -1.12. The molecule has 0 saturated carbocycles. The van der Waals surface area contributed by atoms with Gasteiger partial charge in [-0.25, -0.2) is 0 Å². The first-order valence-corrected chi connectivity index (χ1v) is 8.05. The Labute approximate surface area is 116 Å². The zero-order valence-corrected chi connectivity index (χ0v) is 12.5. The van der Waals surface area contributed by atoms with Crippen LogP contribution in [0.5, 0.6) is 0 Å². The van der Waals surface area contributed by atoms with E-state index in [1.54, 1.807) is 0 Å². The van der Waals surface area contributed by atoms with Crippen molar-refractivity contribution in [2.45, 2.75) is 11.4 Å². The van der Waals surface area contributed by atoms with Gasteiger partial charge in [0.15, 0.2) is 0 Å². The number of halogens is 5. The van der Waals surface area contributed by atoms with E-state index in [0.717, 1.165) is 0 Å². The normalized spacial score (nSPS) is 10.4. The van der Waals surface area contributed by atoms with Gasteiger partial charge >= 0.3 is 116 Å². The standard InChI is InChI=1S/C7H2F5.C4H6O2.Sn/c1-2-3(8)5(10)7(12)6(11)4(2)9;1-3(2)4(5)6;/h1H2;1H2,2H3,(H,5,6);/q;;+1/p-1. The first-order valence-electron chi connectivity index (χ1n) is 4.87. The fraction of sp³-hybridized carbons (Fsp3) is 0.182. The molecule has 0 atom stereocenters. The molecule has 0 heterocycles. The van der Waals surface area contributed by atoms with Gasteiger partial charge in [0, 0.05) is 0 Å². The summed E-state index contributed by atoms with van der Waals surface area (Å²) in [4.78, 5) is 11.0. The number of benzene rings is 1. The predicted octanol–water partition coefficient (Wildman–Crippen LogP) is 2.62. The van der Waals surface area contributed by atoms with Gasteiger partial charge < -0.3 is 0 Å². The molecule has 0 spiro atoms. The van der Waals surface area contributed by atoms with Crippen molar-refractivity contribution in [1.82, 2.24) is 0 Å². The van der Waals surface area contributed by atoms with Crippen molar-refractivity contribution in [2.24, 2.45) is 0 Å². The average molecular weight is 385 g/mol. The van der Waals surface area contributed by atoms with Gasteiger partial charge in [-0.05, 0) is 0 Å². The van der Waals surface area contributed by atoms with Crippen LogP contribution in [-0.2, 0) is 12.3 Å². The summed E-state index contributed by atoms with van der Waals surface area (Å²) in [5.74, 6) is -10.7. The summed E-state index contributed by atoms with van der Waals surface area (Å²) >= 11 is -2.10. The van der Waals surface area contributed by atoms with Crippen molar-refractivity contribution in [1.29, 1.82) is 0 Å². The van der Waals surface area contributed by atoms with Crippen molar-refractivity contribution in [3.8, 4) is 0 Å². The van der Waals surface area contributed by atoms with Crippen LogP contribution in [0.1, 0.15) is 12.5 Å². The fourth-order valence-corrected chi connectivity index (χ4v) is 3.44. The SMILES string of the molecule is C=C(C)C(=O)[O][Sn][CH2]c1c(F)c(F)c(F)c(F)c1F. The van der Waals surface area contributed by atoms with Gasteiger partial charge in [0.2, 0.25) is 0 Å². The van der Waals surface area contributed by atoms with Crippen LogP contribution in [0.2, 0.25) is 0 Å². The Balaban J connectivity index is 2.91. The van der Waals surface area contributed by atoms with Crippen LogP contribution >= 0.6 is 0 Å². The molecule has 1 rings (SSSR count). The van der Waals surface area contributed by atoms with E-state index in [1.807, 2.05) is 0 Å². The molecule has 102 valence electrons. The summed E-state index contributed by atoms with van der Waals surface area (Å²) in [6.45, 7) is 4.67. The van der Waals surface area contributed by atoms with Crippen molar-refractivity contribution >= 4 is 27.5 Å². The molecule has 0 aliphatic rings. The van der Waals surface area contributed by atoms with E-state index in [-0.39, 0.29) is 5.57 Å². The molecule has 2 nitrogen and oxygen atoms in total. The molecule has 0 saturated heterocycles. The van der Waals surface area contributed by atoms with Crippen molar-refractivity contribution in [3.63, 3.8) is 0 Å². The molecule has 0 bridgehead atoms. The molecule has 1 aromatic rings. The molecule has 19 heavy (non-hydrogen) atoms. The molecule has 2 radical (unpaired) electrons. The number of hydrogen-bond donors (Lipinski definition) is 0. The predicted molar refractivity (Wildman–Crippen MR) is 56.6 cm³/mol. The van der Waals surface area contributed by atoms with Crippen LogP contribution in [0, 0.1) is 29.1 Å². The van der Waals surface area contributed by atoms with Crippen molar-refractivity contribution < 1.29 is 29.8 Å². The van der Waals surface area contributed by atoms with Crippen molar-refractivity contribution in [2.75, 3.05) is 0 Å². The molecule has 0 aliphatic carbocycles. The van der Waals surface area contributed by atoms with Crippen LogP contribution in [-0.4, -0.2) is 27.5 Å². The van der Waals surface area contributed by atoms with Gasteiger partial charge in [-0.1, -0.05) is 0 Å². The molecule has 0 aromatic heterocycles. The molecule has 1 aromatic carbocycles. The third-order valence-electron chi connectivity index (χ3n) is 2.06. The first-order chi connectivity index (χ1) is 8.77. The Morgan fingerprint density at radius 3 is 1.89 bits per heavy atom. The van der Waals surface area contributed by atoms with Crippen LogP contribution in [0.25, 0.3) is 0 Å². The summed E-state index contributed by atoms with van der Waals surface area (Å²) in [6, 6.07) is 0. The van der Waals surface area contributed by atoms with Crippen LogP contribution in [0.3, 0.4) is 0 Å². The van der Waals surface area contributed by atoms with Gasteiger partial charge in [0.05, 0.1) is 0 Å². The number of carbonyl (C=O) groups excluding carboxylic acids is 1. The van der Waals surface area contributed by atoms with Crippen LogP contribution < -0.4 is 0 Å². The summed E-state index contributed by atoms with van der Waals surface area (Å²) in [5.41, 5.74) is -0.851. The number of hydrogen-bond acceptors (Lipinski definition) is 2. The Morgan fingerprint density at radius 1 is 1.05 bits per heavy atom. The van der Waals surface area contributed by atoms with Gasteiger partial charge in [-0.3, -0.25) is 0 Å². The van der Waals surface area contributed by atoms with Gasteiger partial charge in [0.25, 0.3) is 0 Å². The average Bonchev–Trinajstić information content (AvgIpc) is 2.37. The second-order valence-corrected chi connectivity index (χ2v) is 5.96. The monoisotopic (exact) mass is 386 g/mol. The second kappa shape index (κ2) is 6.35. The summed E-state index contributed by atoms with van der Waals surface area (Å²) in [5, 5.41) is 0. The van der Waals surface area contributed by atoms with Gasteiger partial charge in [-0.15, -0.1) is 0 Å². The molecule has 0 amide bonds. The summed E-state index contributed by atoms with van der Waals surface area (Å²) in [7, 11) is 0. The third kappa shape index (κ3) is 3.46. The molecule has 0 fully saturated rings. The minimum atomic E-state index is -2.21. The summed E-state index contributed by atoms with van der Waals surface area (Å²) in [6.07, 6.45) is 0. The Bertz CT molecular complexity index is 515. The van der Waals surface area contributed by atoms with Crippen LogP contribution in [0.15, 0.2) is 12.2 Å². The maximum atomic E-state index is 13.2. The third-order valence-corrected chi connectivity index (χ3v) is 4.43. The van der Waals surface area contributed by atoms with E-state index in [9.17, 15) is 26.7 Å². The molecule has 0 N–H and O–H groups in total. The van der Waals surface area contributed by atoms with Gasteiger partial charge in [-0.2, -0.15) is 0 Å². The van der Waals surface area contributed by atoms with Gasteiger partial charge in [0.1, 0.15) is 0 Å². The van der Waals surface area contributed by atoms with Crippen molar-refractivity contribution in [3.05, 3.63) is 46.8 Å². The zero-order valence-electron chi connectivity index (χ0n) is 9.62. The molecular formula is C11H7F5O2Sn. The Kier molecular flexibility index (Phi) is 5.33. The van der Waals surface area contributed by atoms with Crippen LogP contribution in [0.4, 0.5) is 22.0 Å². The zero-order chi connectivity index (χ0) is 14.7. The number of carbonyl (C=O) groups is 1. The summed E-state index contributed by atoms with van der Waals surface area (Å²) < 4.78 is 69.1. The quantitative estimate of drug-likeness (QED) is 0.262. The topological polar surface area (TPSA) is 26.3 Å². The van der Waals surface area contributed by atoms with E-state index >= 15 is 0 Å². The molecule has 8 heteroatoms. The first kappa shape index (κ1) is 15.9. The number of rotatable bonds is 4. The molecule has 0 aliphatic heterocycles. The molecule has 0 unspecified atom stereocenters. The maximum absolute atomic E-state index is 13.2. The van der Waals surface area contributed by atoms with E-state index in [1.165, 1.54) is 6.92 Å².